The first-order valence-corrected chi connectivity index (χ1v) is 7.74. The molecular weight excluding hydrogens is 347 g/mol. The number of ketones is 2. The lowest BCUT2D eigenvalue weighted by Gasteiger charge is -2.02. The Morgan fingerprint density at radius 3 is 1.21 bits per heavy atom. The number of hydrogen-bond acceptors (Lipinski definition) is 4. The highest BCUT2D eigenvalue weighted by molar-refractivity contribution is 6.31. The third-order valence-corrected chi connectivity index (χ3v) is 3.85. The zero-order valence-electron chi connectivity index (χ0n) is 12.2. The van der Waals surface area contributed by atoms with Gasteiger partial charge in [0.2, 0.25) is 11.6 Å². The van der Waals surface area contributed by atoms with E-state index in [4.69, 9.17) is 23.2 Å². The molecule has 0 aliphatic heterocycles. The number of nitrogens with zero attached hydrogens (tertiary/aromatic N) is 2. The van der Waals surface area contributed by atoms with Crippen molar-refractivity contribution in [2.45, 2.75) is 0 Å². The lowest BCUT2D eigenvalue weighted by Crippen LogP contribution is -2.10. The van der Waals surface area contributed by atoms with Gasteiger partial charge in [0.15, 0.2) is 0 Å². The van der Waals surface area contributed by atoms with E-state index in [1.807, 2.05) is 0 Å². The molecule has 1 aromatic heterocycles. The maximum absolute atomic E-state index is 12.3. The van der Waals surface area contributed by atoms with Crippen molar-refractivity contribution >= 4 is 34.8 Å². The average molecular weight is 357 g/mol. The van der Waals surface area contributed by atoms with Gasteiger partial charge in [0, 0.05) is 21.2 Å². The predicted octanol–water partition coefficient (Wildman–Crippen LogP) is 4.25. The van der Waals surface area contributed by atoms with Gasteiger partial charge in [0.05, 0.1) is 0 Å². The Bertz CT molecular complexity index is 813. The third kappa shape index (κ3) is 3.50. The Morgan fingerprint density at radius 1 is 0.583 bits per heavy atom. The fourth-order valence-electron chi connectivity index (χ4n) is 2.07. The van der Waals surface area contributed by atoms with Gasteiger partial charge in [-0.05, 0) is 60.7 Å². The van der Waals surface area contributed by atoms with E-state index in [0.29, 0.717) is 21.2 Å². The van der Waals surface area contributed by atoms with Crippen LogP contribution >= 0.6 is 23.2 Å². The number of hydrogen-bond donors (Lipinski definition) is 0. The van der Waals surface area contributed by atoms with Crippen molar-refractivity contribution in [3.8, 4) is 0 Å². The quantitative estimate of drug-likeness (QED) is 0.655. The minimum Gasteiger partial charge on any atom is -0.287 e. The largest absolute Gasteiger partial charge is 0.287 e. The van der Waals surface area contributed by atoms with E-state index in [1.165, 1.54) is 12.1 Å². The molecule has 0 N–H and O–H groups in total. The Hall–Kier alpha value is -2.56. The maximum atomic E-state index is 12.3. The topological polar surface area (TPSA) is 59.9 Å². The van der Waals surface area contributed by atoms with Crippen LogP contribution < -0.4 is 0 Å². The molecule has 0 saturated carbocycles. The van der Waals surface area contributed by atoms with Crippen LogP contribution in [0.4, 0.5) is 0 Å². The SMILES string of the molecule is O=C(c1ccc(Cl)cc1)c1ccc(C(=O)c2ccc(Cl)cc2)nn1. The standard InChI is InChI=1S/C18H10Cl2N2O2/c19-13-5-1-11(2-6-13)17(23)15-9-10-16(22-21-15)18(24)12-3-7-14(20)8-4-12/h1-10H. The van der Waals surface area contributed by atoms with Crippen LogP contribution in [0.2, 0.25) is 10.0 Å². The second-order valence-corrected chi connectivity index (χ2v) is 5.85. The normalized spacial score (nSPS) is 10.4. The molecular formula is C18H10Cl2N2O2. The monoisotopic (exact) mass is 356 g/mol. The molecule has 0 radical (unpaired) electrons. The molecule has 3 aromatic rings. The number of carbonyl (C=O) groups is 2. The van der Waals surface area contributed by atoms with Crippen molar-refractivity contribution in [3.05, 3.63) is 93.2 Å². The summed E-state index contributed by atoms with van der Waals surface area (Å²) >= 11 is 11.6. The van der Waals surface area contributed by atoms with E-state index in [2.05, 4.69) is 10.2 Å². The van der Waals surface area contributed by atoms with Crippen molar-refractivity contribution < 1.29 is 9.59 Å². The first-order valence-electron chi connectivity index (χ1n) is 6.99. The number of benzene rings is 2. The first kappa shape index (κ1) is 16.3. The fourth-order valence-corrected chi connectivity index (χ4v) is 2.32. The summed E-state index contributed by atoms with van der Waals surface area (Å²) in [4.78, 5) is 24.6. The van der Waals surface area contributed by atoms with Crippen molar-refractivity contribution in [1.29, 1.82) is 0 Å². The Labute approximate surface area is 148 Å². The minimum atomic E-state index is -0.287. The second kappa shape index (κ2) is 6.91. The smallest absolute Gasteiger partial charge is 0.213 e. The van der Waals surface area contributed by atoms with E-state index in [0.717, 1.165) is 0 Å². The molecule has 0 fully saturated rings. The van der Waals surface area contributed by atoms with Crippen LogP contribution in [0.5, 0.6) is 0 Å². The Kier molecular flexibility index (Phi) is 4.69. The zero-order chi connectivity index (χ0) is 17.1. The van der Waals surface area contributed by atoms with E-state index in [1.54, 1.807) is 48.5 Å². The summed E-state index contributed by atoms with van der Waals surface area (Å²) in [5, 5.41) is 8.81. The molecule has 0 bridgehead atoms. The van der Waals surface area contributed by atoms with E-state index in [-0.39, 0.29) is 23.0 Å². The highest BCUT2D eigenvalue weighted by atomic mass is 35.5. The molecule has 118 valence electrons. The van der Waals surface area contributed by atoms with Crippen LogP contribution in [0.15, 0.2) is 60.7 Å². The van der Waals surface area contributed by atoms with Gasteiger partial charge in [-0.2, -0.15) is 0 Å². The van der Waals surface area contributed by atoms with Crippen LogP contribution in [0.1, 0.15) is 32.1 Å². The molecule has 24 heavy (non-hydrogen) atoms. The van der Waals surface area contributed by atoms with Gasteiger partial charge in [-0.25, -0.2) is 0 Å². The van der Waals surface area contributed by atoms with Gasteiger partial charge >= 0.3 is 0 Å². The molecule has 3 rings (SSSR count). The Balaban J connectivity index is 1.82. The van der Waals surface area contributed by atoms with Crippen LogP contribution in [0, 0.1) is 0 Å². The van der Waals surface area contributed by atoms with E-state index >= 15 is 0 Å². The Morgan fingerprint density at radius 2 is 0.917 bits per heavy atom. The summed E-state index contributed by atoms with van der Waals surface area (Å²) in [5.74, 6) is -0.575. The molecule has 2 aromatic carbocycles. The third-order valence-electron chi connectivity index (χ3n) is 3.34. The summed E-state index contributed by atoms with van der Waals surface area (Å²) in [7, 11) is 0. The zero-order valence-corrected chi connectivity index (χ0v) is 13.8. The molecule has 6 heteroatoms. The van der Waals surface area contributed by atoms with Gasteiger partial charge in [0.25, 0.3) is 0 Å². The summed E-state index contributed by atoms with van der Waals surface area (Å²) in [6, 6.07) is 15.9. The first-order chi connectivity index (χ1) is 11.5. The van der Waals surface area contributed by atoms with Gasteiger partial charge in [-0.3, -0.25) is 9.59 Å². The average Bonchev–Trinajstić information content (AvgIpc) is 2.62. The van der Waals surface area contributed by atoms with Crippen molar-refractivity contribution in [3.63, 3.8) is 0 Å². The van der Waals surface area contributed by atoms with Crippen LogP contribution in [-0.2, 0) is 0 Å². The van der Waals surface area contributed by atoms with Crippen molar-refractivity contribution in [2.24, 2.45) is 0 Å². The number of rotatable bonds is 4. The highest BCUT2D eigenvalue weighted by Gasteiger charge is 2.15. The molecule has 0 atom stereocenters. The summed E-state index contributed by atoms with van der Waals surface area (Å²) in [5.41, 5.74) is 1.21. The number of halogens is 2. The van der Waals surface area contributed by atoms with Gasteiger partial charge in [-0.15, -0.1) is 10.2 Å². The second-order valence-electron chi connectivity index (χ2n) is 4.98. The molecule has 0 aliphatic rings. The van der Waals surface area contributed by atoms with E-state index < -0.39 is 0 Å². The van der Waals surface area contributed by atoms with Crippen LogP contribution in [-0.4, -0.2) is 21.8 Å². The van der Waals surface area contributed by atoms with Crippen molar-refractivity contribution in [2.75, 3.05) is 0 Å². The van der Waals surface area contributed by atoms with Gasteiger partial charge in [-0.1, -0.05) is 23.2 Å². The van der Waals surface area contributed by atoms with Gasteiger partial charge in [0.1, 0.15) is 11.4 Å². The highest BCUT2D eigenvalue weighted by Crippen LogP contribution is 2.15. The maximum Gasteiger partial charge on any atom is 0.213 e. The molecule has 0 aliphatic carbocycles. The molecule has 1 heterocycles. The molecule has 0 spiro atoms. The number of aromatic nitrogens is 2. The molecule has 4 nitrogen and oxygen atoms in total. The minimum absolute atomic E-state index is 0.157. The summed E-state index contributed by atoms with van der Waals surface area (Å²) in [6.07, 6.45) is 0. The molecule has 0 saturated heterocycles. The van der Waals surface area contributed by atoms with Gasteiger partial charge < -0.3 is 0 Å². The van der Waals surface area contributed by atoms with Crippen LogP contribution in [0.25, 0.3) is 0 Å². The molecule has 0 amide bonds. The predicted molar refractivity (Wildman–Crippen MR) is 91.8 cm³/mol. The van der Waals surface area contributed by atoms with Crippen LogP contribution in [0.3, 0.4) is 0 Å². The van der Waals surface area contributed by atoms with Crippen molar-refractivity contribution in [1.82, 2.24) is 10.2 Å². The summed E-state index contributed by atoms with van der Waals surface area (Å²) in [6.45, 7) is 0. The lowest BCUT2D eigenvalue weighted by molar-refractivity contribution is 0.101. The van der Waals surface area contributed by atoms with E-state index in [9.17, 15) is 9.59 Å². The summed E-state index contributed by atoms with van der Waals surface area (Å²) < 4.78 is 0. The fraction of sp³-hybridized carbons (Fsp3) is 0. The lowest BCUT2D eigenvalue weighted by atomic mass is 10.1. The molecule has 0 unspecified atom stereocenters. The number of carbonyl (C=O) groups excluding carboxylic acids is 2.